The van der Waals surface area contributed by atoms with Crippen molar-refractivity contribution in [3.05, 3.63) is 58.9 Å². The topological polar surface area (TPSA) is 61.8 Å². The standard InChI is InChI=1S/C22H30ClN5O/c1-3-24-22(26-15-17-7-8-18(23)14-21(17)29-2)27-19-9-12-28(13-10-19)16-20-6-4-5-11-25-20/h4-8,11,14,19H,3,9-10,12-13,15-16H2,1-2H3,(H2,24,26,27). The second-order valence-electron chi connectivity index (χ2n) is 7.17. The summed E-state index contributed by atoms with van der Waals surface area (Å²) in [6.45, 7) is 6.46. The number of ether oxygens (including phenoxy) is 1. The first-order chi connectivity index (χ1) is 14.2. The molecule has 0 aliphatic carbocycles. The molecule has 2 N–H and O–H groups in total. The highest BCUT2D eigenvalue weighted by molar-refractivity contribution is 6.30. The molecule has 3 rings (SSSR count). The molecule has 0 unspecified atom stereocenters. The Hall–Kier alpha value is -2.31. The number of piperidine rings is 1. The Morgan fingerprint density at radius 3 is 2.79 bits per heavy atom. The maximum absolute atomic E-state index is 6.05. The fourth-order valence-corrected chi connectivity index (χ4v) is 3.64. The van der Waals surface area contributed by atoms with Gasteiger partial charge in [-0.1, -0.05) is 23.7 Å². The van der Waals surface area contributed by atoms with Crippen molar-refractivity contribution in [2.75, 3.05) is 26.7 Å². The van der Waals surface area contributed by atoms with Crippen LogP contribution in [0.25, 0.3) is 0 Å². The second-order valence-corrected chi connectivity index (χ2v) is 7.60. The number of rotatable bonds is 7. The van der Waals surface area contributed by atoms with Gasteiger partial charge in [0.1, 0.15) is 5.75 Å². The Kier molecular flexibility index (Phi) is 8.14. The summed E-state index contributed by atoms with van der Waals surface area (Å²) >= 11 is 6.05. The van der Waals surface area contributed by atoms with Crippen LogP contribution in [0.3, 0.4) is 0 Å². The number of nitrogens with zero attached hydrogens (tertiary/aromatic N) is 3. The first-order valence-corrected chi connectivity index (χ1v) is 10.5. The van der Waals surface area contributed by atoms with Gasteiger partial charge in [-0.05, 0) is 44.0 Å². The second kappa shape index (κ2) is 11.0. The quantitative estimate of drug-likeness (QED) is 0.535. The van der Waals surface area contributed by atoms with Crippen molar-refractivity contribution in [3.8, 4) is 5.75 Å². The van der Waals surface area contributed by atoms with Gasteiger partial charge in [0.2, 0.25) is 0 Å². The number of benzene rings is 1. The summed E-state index contributed by atoms with van der Waals surface area (Å²) in [5, 5.41) is 7.60. The third kappa shape index (κ3) is 6.61. The summed E-state index contributed by atoms with van der Waals surface area (Å²) in [5.74, 6) is 1.60. The summed E-state index contributed by atoms with van der Waals surface area (Å²) in [7, 11) is 1.65. The van der Waals surface area contributed by atoms with Gasteiger partial charge in [0.05, 0.1) is 19.3 Å². The minimum Gasteiger partial charge on any atom is -0.496 e. The number of aliphatic imine (C=N–C) groups is 1. The lowest BCUT2D eigenvalue weighted by Gasteiger charge is -2.32. The molecule has 1 aliphatic rings. The van der Waals surface area contributed by atoms with Gasteiger partial charge in [-0.15, -0.1) is 0 Å². The van der Waals surface area contributed by atoms with E-state index in [-0.39, 0.29) is 0 Å². The van der Waals surface area contributed by atoms with Gasteiger partial charge in [-0.2, -0.15) is 0 Å². The zero-order valence-corrected chi connectivity index (χ0v) is 18.0. The van der Waals surface area contributed by atoms with Crippen LogP contribution in [-0.2, 0) is 13.1 Å². The number of guanidine groups is 1. The van der Waals surface area contributed by atoms with Crippen LogP contribution in [0.1, 0.15) is 31.0 Å². The number of halogens is 1. The highest BCUT2D eigenvalue weighted by atomic mass is 35.5. The molecule has 29 heavy (non-hydrogen) atoms. The zero-order valence-electron chi connectivity index (χ0n) is 17.2. The van der Waals surface area contributed by atoms with Crippen molar-refractivity contribution in [3.63, 3.8) is 0 Å². The molecule has 2 aromatic rings. The van der Waals surface area contributed by atoms with E-state index in [1.165, 1.54) is 0 Å². The first kappa shape index (κ1) is 21.4. The zero-order chi connectivity index (χ0) is 20.5. The van der Waals surface area contributed by atoms with Crippen molar-refractivity contribution < 1.29 is 4.74 Å². The Labute approximate surface area is 178 Å². The van der Waals surface area contributed by atoms with Crippen LogP contribution >= 0.6 is 11.6 Å². The molecule has 0 saturated carbocycles. The Bertz CT molecular complexity index is 791. The Morgan fingerprint density at radius 2 is 2.10 bits per heavy atom. The van der Waals surface area contributed by atoms with Gasteiger partial charge < -0.3 is 15.4 Å². The lowest BCUT2D eigenvalue weighted by molar-refractivity contribution is 0.196. The van der Waals surface area contributed by atoms with E-state index in [1.807, 2.05) is 36.5 Å². The highest BCUT2D eigenvalue weighted by Gasteiger charge is 2.20. The lowest BCUT2D eigenvalue weighted by Crippen LogP contribution is -2.48. The number of pyridine rings is 1. The molecule has 1 fully saturated rings. The van der Waals surface area contributed by atoms with E-state index >= 15 is 0 Å². The van der Waals surface area contributed by atoms with Gasteiger partial charge in [-0.3, -0.25) is 9.88 Å². The molecule has 156 valence electrons. The molecule has 0 radical (unpaired) electrons. The molecule has 1 saturated heterocycles. The first-order valence-electron chi connectivity index (χ1n) is 10.2. The van der Waals surface area contributed by atoms with Gasteiger partial charge in [0.25, 0.3) is 0 Å². The molecular weight excluding hydrogens is 386 g/mol. The largest absolute Gasteiger partial charge is 0.496 e. The average molecular weight is 416 g/mol. The number of likely N-dealkylation sites (tertiary alicyclic amines) is 1. The summed E-state index contributed by atoms with van der Waals surface area (Å²) in [4.78, 5) is 11.6. The number of hydrogen-bond acceptors (Lipinski definition) is 4. The minimum atomic E-state index is 0.417. The normalized spacial score (nSPS) is 15.9. The fourth-order valence-electron chi connectivity index (χ4n) is 3.48. The summed E-state index contributed by atoms with van der Waals surface area (Å²) in [6, 6.07) is 12.2. The van der Waals surface area contributed by atoms with Crippen LogP contribution in [0.5, 0.6) is 5.75 Å². The van der Waals surface area contributed by atoms with Gasteiger partial charge in [0.15, 0.2) is 5.96 Å². The number of nitrogens with one attached hydrogen (secondary N) is 2. The molecule has 2 heterocycles. The van der Waals surface area contributed by atoms with Crippen LogP contribution in [0.4, 0.5) is 0 Å². The third-order valence-corrected chi connectivity index (χ3v) is 5.28. The van der Waals surface area contributed by atoms with Gasteiger partial charge >= 0.3 is 0 Å². The summed E-state index contributed by atoms with van der Waals surface area (Å²) in [6.07, 6.45) is 4.03. The predicted octanol–water partition coefficient (Wildman–Crippen LogP) is 3.46. The van der Waals surface area contributed by atoms with Crippen LogP contribution in [0.2, 0.25) is 5.02 Å². The van der Waals surface area contributed by atoms with Crippen molar-refractivity contribution in [1.29, 1.82) is 0 Å². The van der Waals surface area contributed by atoms with Crippen LogP contribution in [0, 0.1) is 0 Å². The molecule has 0 bridgehead atoms. The Balaban J connectivity index is 1.53. The molecule has 1 aromatic carbocycles. The van der Waals surface area contributed by atoms with E-state index < -0.39 is 0 Å². The smallest absolute Gasteiger partial charge is 0.191 e. The lowest BCUT2D eigenvalue weighted by atomic mass is 10.0. The summed E-state index contributed by atoms with van der Waals surface area (Å²) < 4.78 is 5.42. The predicted molar refractivity (Wildman–Crippen MR) is 118 cm³/mol. The monoisotopic (exact) mass is 415 g/mol. The number of hydrogen-bond donors (Lipinski definition) is 2. The van der Waals surface area contributed by atoms with E-state index in [2.05, 4.69) is 33.5 Å². The molecular formula is C22H30ClN5O. The van der Waals surface area contributed by atoms with Crippen molar-refractivity contribution in [2.45, 2.75) is 38.9 Å². The van der Waals surface area contributed by atoms with E-state index in [4.69, 9.17) is 21.3 Å². The van der Waals surface area contributed by atoms with Crippen molar-refractivity contribution in [1.82, 2.24) is 20.5 Å². The SMILES string of the molecule is CCNC(=NCc1ccc(Cl)cc1OC)NC1CCN(Cc2ccccn2)CC1. The molecule has 0 amide bonds. The summed E-state index contributed by atoms with van der Waals surface area (Å²) in [5.41, 5.74) is 2.14. The van der Waals surface area contributed by atoms with Crippen LogP contribution in [-0.4, -0.2) is 48.6 Å². The van der Waals surface area contributed by atoms with Crippen molar-refractivity contribution >= 4 is 17.6 Å². The fraction of sp³-hybridized carbons (Fsp3) is 0.455. The molecule has 1 aliphatic heterocycles. The van der Waals surface area contributed by atoms with Crippen molar-refractivity contribution in [2.24, 2.45) is 4.99 Å². The maximum atomic E-state index is 6.05. The molecule has 6 nitrogen and oxygen atoms in total. The van der Waals surface area contributed by atoms with E-state index in [1.54, 1.807) is 7.11 Å². The van der Waals surface area contributed by atoms with Gasteiger partial charge in [-0.25, -0.2) is 4.99 Å². The average Bonchev–Trinajstić information content (AvgIpc) is 2.75. The molecule has 7 heteroatoms. The number of methoxy groups -OCH3 is 1. The van der Waals surface area contributed by atoms with E-state index in [9.17, 15) is 0 Å². The third-order valence-electron chi connectivity index (χ3n) is 5.04. The molecule has 0 atom stereocenters. The maximum Gasteiger partial charge on any atom is 0.191 e. The van der Waals surface area contributed by atoms with E-state index in [0.717, 1.165) is 62.0 Å². The molecule has 0 spiro atoms. The highest BCUT2D eigenvalue weighted by Crippen LogP contribution is 2.23. The van der Waals surface area contributed by atoms with Crippen LogP contribution < -0.4 is 15.4 Å². The van der Waals surface area contributed by atoms with Gasteiger partial charge in [0, 0.05) is 49.0 Å². The molecule has 1 aromatic heterocycles. The Morgan fingerprint density at radius 1 is 1.28 bits per heavy atom. The number of aromatic nitrogens is 1. The van der Waals surface area contributed by atoms with Crippen LogP contribution in [0.15, 0.2) is 47.6 Å². The van der Waals surface area contributed by atoms with E-state index in [0.29, 0.717) is 17.6 Å². The minimum absolute atomic E-state index is 0.417.